The van der Waals surface area contributed by atoms with Crippen LogP contribution in [-0.4, -0.2) is 15.7 Å². The highest BCUT2D eigenvalue weighted by molar-refractivity contribution is 5.97. The van der Waals surface area contributed by atoms with Gasteiger partial charge in [-0.25, -0.2) is 4.98 Å². The summed E-state index contributed by atoms with van der Waals surface area (Å²) in [6.07, 6.45) is 1.65. The standard InChI is InChI=1S/C12H10N2O3/c15-11(10-4-2-1-3-5-10)6-9-7-12(13-8-9)14(16)17/h1-5,7-8,13H,6H2. The zero-order valence-electron chi connectivity index (χ0n) is 8.92. The molecule has 0 amide bonds. The summed E-state index contributed by atoms with van der Waals surface area (Å²) in [6, 6.07) is 10.2. The van der Waals surface area contributed by atoms with Crippen LogP contribution in [0.15, 0.2) is 42.6 Å². The van der Waals surface area contributed by atoms with E-state index in [9.17, 15) is 14.9 Å². The Morgan fingerprint density at radius 2 is 2.00 bits per heavy atom. The first kappa shape index (κ1) is 11.1. The van der Waals surface area contributed by atoms with Gasteiger partial charge in [0.15, 0.2) is 5.78 Å². The third kappa shape index (κ3) is 2.57. The van der Waals surface area contributed by atoms with E-state index in [1.165, 1.54) is 12.3 Å². The SMILES string of the molecule is O=C(Cc1c[nH]c([N+](=O)[O-])c1)c1ccccc1. The molecule has 0 aliphatic carbocycles. The Kier molecular flexibility index (Phi) is 3.00. The lowest BCUT2D eigenvalue weighted by molar-refractivity contribution is -0.389. The average Bonchev–Trinajstić information content (AvgIpc) is 2.79. The van der Waals surface area contributed by atoms with Crippen molar-refractivity contribution in [3.05, 3.63) is 63.8 Å². The van der Waals surface area contributed by atoms with Crippen LogP contribution in [-0.2, 0) is 6.42 Å². The topological polar surface area (TPSA) is 76.0 Å². The van der Waals surface area contributed by atoms with E-state index < -0.39 is 4.92 Å². The number of aromatic nitrogens is 1. The summed E-state index contributed by atoms with van der Waals surface area (Å²) >= 11 is 0. The molecule has 17 heavy (non-hydrogen) atoms. The molecule has 0 saturated carbocycles. The second kappa shape index (κ2) is 4.61. The van der Waals surface area contributed by atoms with Gasteiger partial charge < -0.3 is 10.1 Å². The van der Waals surface area contributed by atoms with Crippen molar-refractivity contribution in [2.45, 2.75) is 6.42 Å². The highest BCUT2D eigenvalue weighted by Crippen LogP contribution is 2.13. The van der Waals surface area contributed by atoms with E-state index in [-0.39, 0.29) is 18.0 Å². The summed E-state index contributed by atoms with van der Waals surface area (Å²) in [7, 11) is 0. The van der Waals surface area contributed by atoms with Gasteiger partial charge in [-0.1, -0.05) is 30.3 Å². The van der Waals surface area contributed by atoms with Crippen LogP contribution in [0.2, 0.25) is 0 Å². The maximum Gasteiger partial charge on any atom is 0.321 e. The Bertz CT molecular complexity index is 546. The normalized spacial score (nSPS) is 10.1. The van der Waals surface area contributed by atoms with Gasteiger partial charge in [0.2, 0.25) is 0 Å². The van der Waals surface area contributed by atoms with Crippen LogP contribution in [0.25, 0.3) is 0 Å². The maximum atomic E-state index is 11.8. The Morgan fingerprint density at radius 1 is 1.29 bits per heavy atom. The second-order valence-corrected chi connectivity index (χ2v) is 3.62. The van der Waals surface area contributed by atoms with Gasteiger partial charge in [0.05, 0.1) is 6.20 Å². The number of nitrogens with zero attached hydrogens (tertiary/aromatic N) is 1. The smallest absolute Gasteiger partial charge is 0.321 e. The monoisotopic (exact) mass is 230 g/mol. The summed E-state index contributed by atoms with van der Waals surface area (Å²) in [5.74, 6) is -0.152. The van der Waals surface area contributed by atoms with E-state index in [1.807, 2.05) is 6.07 Å². The van der Waals surface area contributed by atoms with E-state index >= 15 is 0 Å². The van der Waals surface area contributed by atoms with Gasteiger partial charge in [0.25, 0.3) is 0 Å². The van der Waals surface area contributed by atoms with Crippen molar-refractivity contribution < 1.29 is 9.72 Å². The number of hydrogen-bond donors (Lipinski definition) is 1. The van der Waals surface area contributed by atoms with Crippen molar-refractivity contribution in [2.75, 3.05) is 0 Å². The van der Waals surface area contributed by atoms with Crippen molar-refractivity contribution in [2.24, 2.45) is 0 Å². The summed E-state index contributed by atoms with van der Waals surface area (Å²) in [5.41, 5.74) is 1.22. The predicted octanol–water partition coefficient (Wildman–Crippen LogP) is 2.35. The van der Waals surface area contributed by atoms with Crippen molar-refractivity contribution in [1.29, 1.82) is 0 Å². The van der Waals surface area contributed by atoms with Crippen molar-refractivity contribution in [3.63, 3.8) is 0 Å². The highest BCUT2D eigenvalue weighted by Gasteiger charge is 2.12. The maximum absolute atomic E-state index is 11.8. The van der Waals surface area contributed by atoms with Crippen LogP contribution < -0.4 is 0 Å². The number of H-pyrrole nitrogens is 1. The number of aromatic amines is 1. The number of nitrogens with one attached hydrogen (secondary N) is 1. The molecule has 5 nitrogen and oxygen atoms in total. The third-order valence-corrected chi connectivity index (χ3v) is 2.38. The Balaban J connectivity index is 2.11. The average molecular weight is 230 g/mol. The molecule has 2 rings (SSSR count). The molecule has 0 spiro atoms. The van der Waals surface area contributed by atoms with Gasteiger partial charge in [-0.15, -0.1) is 0 Å². The summed E-state index contributed by atoms with van der Waals surface area (Å²) in [4.78, 5) is 24.3. The molecular weight excluding hydrogens is 220 g/mol. The minimum atomic E-state index is -0.517. The molecule has 0 saturated heterocycles. The van der Waals surface area contributed by atoms with Crippen LogP contribution in [0.4, 0.5) is 5.82 Å². The summed E-state index contributed by atoms with van der Waals surface area (Å²) in [6.45, 7) is 0. The fourth-order valence-electron chi connectivity index (χ4n) is 1.54. The van der Waals surface area contributed by atoms with Gasteiger partial charge in [-0.05, 0) is 4.92 Å². The van der Waals surface area contributed by atoms with Crippen LogP contribution in [0, 0.1) is 10.1 Å². The lowest BCUT2D eigenvalue weighted by Gasteiger charge is -1.97. The molecule has 0 unspecified atom stereocenters. The zero-order chi connectivity index (χ0) is 12.3. The third-order valence-electron chi connectivity index (χ3n) is 2.38. The van der Waals surface area contributed by atoms with Gasteiger partial charge in [0, 0.05) is 23.6 Å². The molecule has 0 atom stereocenters. The van der Waals surface area contributed by atoms with Gasteiger partial charge in [0.1, 0.15) is 0 Å². The highest BCUT2D eigenvalue weighted by atomic mass is 16.6. The van der Waals surface area contributed by atoms with Crippen molar-refractivity contribution >= 4 is 11.6 Å². The molecule has 5 heteroatoms. The minimum Gasteiger partial charge on any atom is -0.358 e. The fraction of sp³-hybridized carbons (Fsp3) is 0.0833. The summed E-state index contributed by atoms with van der Waals surface area (Å²) < 4.78 is 0. The quantitative estimate of drug-likeness (QED) is 0.497. The molecule has 0 bridgehead atoms. The minimum absolute atomic E-state index is 0.0560. The first-order valence-corrected chi connectivity index (χ1v) is 5.07. The van der Waals surface area contributed by atoms with Crippen molar-refractivity contribution in [3.8, 4) is 0 Å². The van der Waals surface area contributed by atoms with Crippen molar-refractivity contribution in [1.82, 2.24) is 4.98 Å². The molecule has 0 radical (unpaired) electrons. The van der Waals surface area contributed by atoms with E-state index in [0.29, 0.717) is 11.1 Å². The number of carbonyl (C=O) groups is 1. The lowest BCUT2D eigenvalue weighted by atomic mass is 10.1. The Hall–Kier alpha value is -2.43. The fourth-order valence-corrected chi connectivity index (χ4v) is 1.54. The molecule has 1 N–H and O–H groups in total. The van der Waals surface area contributed by atoms with Gasteiger partial charge in [-0.2, -0.15) is 0 Å². The molecule has 0 fully saturated rings. The molecule has 2 aromatic rings. The Morgan fingerprint density at radius 3 is 2.59 bits per heavy atom. The lowest BCUT2D eigenvalue weighted by Crippen LogP contribution is -2.02. The number of Topliss-reactive ketones (excluding diaryl/α,β-unsaturated/α-hetero) is 1. The molecule has 0 aliphatic heterocycles. The van der Waals surface area contributed by atoms with Crippen LogP contribution in [0.5, 0.6) is 0 Å². The van der Waals surface area contributed by atoms with Gasteiger partial charge in [-0.3, -0.25) is 4.79 Å². The number of ketones is 1. The van der Waals surface area contributed by atoms with E-state index in [0.717, 1.165) is 0 Å². The number of rotatable bonds is 4. The number of nitro groups is 1. The van der Waals surface area contributed by atoms with E-state index in [1.54, 1.807) is 24.3 Å². The molecule has 0 aliphatic rings. The van der Waals surface area contributed by atoms with Gasteiger partial charge >= 0.3 is 5.82 Å². The molecular formula is C12H10N2O3. The number of benzene rings is 1. The zero-order valence-corrected chi connectivity index (χ0v) is 8.92. The van der Waals surface area contributed by atoms with Crippen LogP contribution >= 0.6 is 0 Å². The van der Waals surface area contributed by atoms with E-state index in [4.69, 9.17) is 0 Å². The molecule has 1 heterocycles. The van der Waals surface area contributed by atoms with Crippen LogP contribution in [0.1, 0.15) is 15.9 Å². The number of hydrogen-bond acceptors (Lipinski definition) is 3. The number of carbonyl (C=O) groups excluding carboxylic acids is 1. The molecule has 86 valence electrons. The first-order chi connectivity index (χ1) is 8.16. The Labute approximate surface area is 97.2 Å². The first-order valence-electron chi connectivity index (χ1n) is 5.07. The van der Waals surface area contributed by atoms with Crippen LogP contribution in [0.3, 0.4) is 0 Å². The largest absolute Gasteiger partial charge is 0.358 e. The predicted molar refractivity (Wildman–Crippen MR) is 61.9 cm³/mol. The van der Waals surface area contributed by atoms with E-state index in [2.05, 4.69) is 4.98 Å². The molecule has 1 aromatic carbocycles. The molecule has 1 aromatic heterocycles. The second-order valence-electron chi connectivity index (χ2n) is 3.62. The summed E-state index contributed by atoms with van der Waals surface area (Å²) in [5, 5.41) is 10.5.